The molecule has 0 radical (unpaired) electrons. The van der Waals surface area contributed by atoms with Gasteiger partial charge in [-0.05, 0) is 55.8 Å². The summed E-state index contributed by atoms with van der Waals surface area (Å²) in [5.41, 5.74) is 2.87. The third-order valence-corrected chi connectivity index (χ3v) is 5.84. The number of hydrogen-bond donors (Lipinski definition) is 1. The molecule has 3 aromatic rings. The molecule has 0 fully saturated rings. The number of nitriles is 1. The van der Waals surface area contributed by atoms with E-state index in [-0.39, 0.29) is 18.3 Å². The van der Waals surface area contributed by atoms with E-state index in [0.717, 1.165) is 27.3 Å². The van der Waals surface area contributed by atoms with Gasteiger partial charge in [0.2, 0.25) is 0 Å². The third-order valence-electron chi connectivity index (χ3n) is 4.81. The van der Waals surface area contributed by atoms with E-state index in [1.165, 1.54) is 0 Å². The molecule has 0 spiro atoms. The van der Waals surface area contributed by atoms with Crippen LogP contribution in [-0.4, -0.2) is 41.5 Å². The van der Waals surface area contributed by atoms with Gasteiger partial charge in [0.25, 0.3) is 5.91 Å². The zero-order valence-electron chi connectivity index (χ0n) is 18.3. The van der Waals surface area contributed by atoms with Crippen LogP contribution in [0.5, 0.6) is 0 Å². The average Bonchev–Trinajstić information content (AvgIpc) is 3.22. The number of nitrogens with one attached hydrogen (secondary N) is 1. The van der Waals surface area contributed by atoms with Gasteiger partial charge in [-0.1, -0.05) is 6.92 Å². The molecule has 1 amide bonds. The summed E-state index contributed by atoms with van der Waals surface area (Å²) in [5, 5.41) is 13.1. The van der Waals surface area contributed by atoms with Crippen molar-refractivity contribution in [3.63, 3.8) is 0 Å². The number of rotatable bonds is 10. The fourth-order valence-electron chi connectivity index (χ4n) is 3.25. The number of ether oxygens (including phenoxy) is 1. The van der Waals surface area contributed by atoms with Crippen molar-refractivity contribution in [1.82, 2.24) is 9.88 Å². The zero-order valence-corrected chi connectivity index (χ0v) is 19.1. The number of benzene rings is 2. The molecular formula is C24H26N4O3S. The molecule has 32 heavy (non-hydrogen) atoms. The lowest BCUT2D eigenvalue weighted by molar-refractivity contribution is -0.143. The first-order valence-electron chi connectivity index (χ1n) is 10.6. The summed E-state index contributed by atoms with van der Waals surface area (Å²) in [6.07, 6.45) is 0.988. The van der Waals surface area contributed by atoms with Crippen LogP contribution in [-0.2, 0) is 16.1 Å². The number of fused-ring (bicyclic) bond motifs is 1. The SMILES string of the molecule is CCCN(CCC(=O)OCC)C(=O)c1ccc2sc(CNc3ccc(C#N)cc3)nc2c1. The molecule has 0 unspecified atom stereocenters. The van der Waals surface area contributed by atoms with Crippen LogP contribution in [0, 0.1) is 11.3 Å². The number of esters is 1. The molecule has 0 bridgehead atoms. The highest BCUT2D eigenvalue weighted by atomic mass is 32.1. The van der Waals surface area contributed by atoms with E-state index in [2.05, 4.69) is 16.4 Å². The van der Waals surface area contributed by atoms with Gasteiger partial charge in [-0.15, -0.1) is 11.3 Å². The normalized spacial score (nSPS) is 10.5. The monoisotopic (exact) mass is 450 g/mol. The van der Waals surface area contributed by atoms with Crippen LogP contribution < -0.4 is 5.32 Å². The van der Waals surface area contributed by atoms with Crippen molar-refractivity contribution in [2.45, 2.75) is 33.2 Å². The number of nitrogens with zero attached hydrogens (tertiary/aromatic N) is 3. The molecule has 0 aliphatic heterocycles. The van der Waals surface area contributed by atoms with Crippen molar-refractivity contribution in [1.29, 1.82) is 5.26 Å². The Kier molecular flexibility index (Phi) is 8.17. The number of aromatic nitrogens is 1. The van der Waals surface area contributed by atoms with Crippen LogP contribution in [0.15, 0.2) is 42.5 Å². The molecule has 0 atom stereocenters. The molecule has 0 saturated heterocycles. The van der Waals surface area contributed by atoms with Gasteiger partial charge >= 0.3 is 5.97 Å². The first kappa shape index (κ1) is 23.2. The van der Waals surface area contributed by atoms with Gasteiger partial charge in [0.1, 0.15) is 5.01 Å². The Bertz CT molecular complexity index is 1120. The van der Waals surface area contributed by atoms with Crippen LogP contribution in [0.25, 0.3) is 10.2 Å². The van der Waals surface area contributed by atoms with Gasteiger partial charge in [0, 0.05) is 24.3 Å². The quantitative estimate of drug-likeness (QED) is 0.454. The lowest BCUT2D eigenvalue weighted by atomic mass is 10.1. The number of carbonyl (C=O) groups excluding carboxylic acids is 2. The van der Waals surface area contributed by atoms with E-state index >= 15 is 0 Å². The molecule has 7 nitrogen and oxygen atoms in total. The van der Waals surface area contributed by atoms with E-state index in [0.29, 0.717) is 37.4 Å². The lowest BCUT2D eigenvalue weighted by Gasteiger charge is -2.21. The van der Waals surface area contributed by atoms with Crippen molar-refractivity contribution in [2.24, 2.45) is 0 Å². The maximum absolute atomic E-state index is 13.0. The summed E-state index contributed by atoms with van der Waals surface area (Å²) in [6.45, 7) is 5.57. The van der Waals surface area contributed by atoms with Crippen molar-refractivity contribution in [3.05, 3.63) is 58.6 Å². The van der Waals surface area contributed by atoms with Gasteiger partial charge in [0.05, 0.1) is 41.4 Å². The molecular weight excluding hydrogens is 424 g/mol. The molecule has 0 saturated carbocycles. The van der Waals surface area contributed by atoms with E-state index in [1.807, 2.05) is 37.3 Å². The summed E-state index contributed by atoms with van der Waals surface area (Å²) in [4.78, 5) is 31.1. The molecule has 0 aliphatic carbocycles. The van der Waals surface area contributed by atoms with Crippen molar-refractivity contribution in [3.8, 4) is 6.07 Å². The Morgan fingerprint density at radius 2 is 1.94 bits per heavy atom. The van der Waals surface area contributed by atoms with Crippen LogP contribution in [0.4, 0.5) is 5.69 Å². The van der Waals surface area contributed by atoms with E-state index in [1.54, 1.807) is 35.3 Å². The number of thiazole rings is 1. The van der Waals surface area contributed by atoms with E-state index < -0.39 is 0 Å². The van der Waals surface area contributed by atoms with Crippen LogP contribution in [0.2, 0.25) is 0 Å². The second kappa shape index (κ2) is 11.3. The Labute approximate surface area is 191 Å². The summed E-state index contributed by atoms with van der Waals surface area (Å²) in [7, 11) is 0. The van der Waals surface area contributed by atoms with Crippen LogP contribution >= 0.6 is 11.3 Å². The smallest absolute Gasteiger partial charge is 0.307 e. The third kappa shape index (κ3) is 6.05. The van der Waals surface area contributed by atoms with Crippen LogP contribution in [0.3, 0.4) is 0 Å². The standard InChI is InChI=1S/C24H26N4O3S/c1-3-12-28(13-11-23(29)31-4-2)24(30)18-7-10-21-20(14-18)27-22(32-21)16-26-19-8-5-17(15-25)6-9-19/h5-10,14,26H,3-4,11-13,16H2,1-2H3. The molecule has 1 heterocycles. The first-order valence-corrected chi connectivity index (χ1v) is 11.4. The summed E-state index contributed by atoms with van der Waals surface area (Å²) in [6, 6.07) is 14.9. The Hall–Kier alpha value is -3.44. The minimum atomic E-state index is -0.296. The highest BCUT2D eigenvalue weighted by molar-refractivity contribution is 7.18. The highest BCUT2D eigenvalue weighted by Crippen LogP contribution is 2.25. The molecule has 1 aromatic heterocycles. The summed E-state index contributed by atoms with van der Waals surface area (Å²) < 4.78 is 5.98. The number of carbonyl (C=O) groups is 2. The predicted molar refractivity (Wildman–Crippen MR) is 126 cm³/mol. The average molecular weight is 451 g/mol. The fourth-order valence-corrected chi connectivity index (χ4v) is 4.14. The van der Waals surface area contributed by atoms with E-state index in [4.69, 9.17) is 10.00 Å². The predicted octanol–water partition coefficient (Wildman–Crippen LogP) is 4.59. The van der Waals surface area contributed by atoms with Crippen molar-refractivity contribution in [2.75, 3.05) is 25.0 Å². The second-order valence-electron chi connectivity index (χ2n) is 7.18. The number of hydrogen-bond acceptors (Lipinski definition) is 7. The molecule has 166 valence electrons. The maximum atomic E-state index is 13.0. The number of anilines is 1. The summed E-state index contributed by atoms with van der Waals surface area (Å²) >= 11 is 1.57. The summed E-state index contributed by atoms with van der Waals surface area (Å²) in [5.74, 6) is -0.404. The van der Waals surface area contributed by atoms with Crippen molar-refractivity contribution < 1.29 is 14.3 Å². The van der Waals surface area contributed by atoms with Crippen LogP contribution in [0.1, 0.15) is 47.6 Å². The maximum Gasteiger partial charge on any atom is 0.307 e. The molecule has 3 rings (SSSR count). The molecule has 1 N–H and O–H groups in total. The Morgan fingerprint density at radius 3 is 2.62 bits per heavy atom. The zero-order chi connectivity index (χ0) is 22.9. The van der Waals surface area contributed by atoms with Gasteiger partial charge in [-0.2, -0.15) is 5.26 Å². The van der Waals surface area contributed by atoms with Gasteiger partial charge in [0.15, 0.2) is 0 Å². The lowest BCUT2D eigenvalue weighted by Crippen LogP contribution is -2.34. The minimum Gasteiger partial charge on any atom is -0.466 e. The number of amides is 1. The first-order chi connectivity index (χ1) is 15.5. The highest BCUT2D eigenvalue weighted by Gasteiger charge is 2.18. The van der Waals surface area contributed by atoms with Gasteiger partial charge < -0.3 is 15.0 Å². The molecule has 8 heteroatoms. The van der Waals surface area contributed by atoms with Crippen molar-refractivity contribution >= 4 is 39.1 Å². The topological polar surface area (TPSA) is 95.3 Å². The Balaban J connectivity index is 1.68. The second-order valence-corrected chi connectivity index (χ2v) is 8.30. The van der Waals surface area contributed by atoms with Gasteiger partial charge in [-0.3, -0.25) is 9.59 Å². The van der Waals surface area contributed by atoms with Gasteiger partial charge in [-0.25, -0.2) is 4.98 Å². The fraction of sp³-hybridized carbons (Fsp3) is 0.333. The largest absolute Gasteiger partial charge is 0.466 e. The molecule has 2 aromatic carbocycles. The minimum absolute atomic E-state index is 0.108. The molecule has 0 aliphatic rings. The van der Waals surface area contributed by atoms with E-state index in [9.17, 15) is 9.59 Å². The Morgan fingerprint density at radius 1 is 1.16 bits per heavy atom.